The summed E-state index contributed by atoms with van der Waals surface area (Å²) in [5, 5.41) is 10.9. The first-order chi connectivity index (χ1) is 14.6. The van der Waals surface area contributed by atoms with Crippen LogP contribution in [-0.4, -0.2) is 28.4 Å². The number of hydrazone groups is 1. The van der Waals surface area contributed by atoms with Crippen molar-refractivity contribution in [2.45, 2.75) is 13.1 Å². The lowest BCUT2D eigenvalue weighted by Crippen LogP contribution is -2.26. The van der Waals surface area contributed by atoms with Crippen molar-refractivity contribution in [3.63, 3.8) is 0 Å². The number of carbonyl (C=O) groups excluding carboxylic acids is 1. The van der Waals surface area contributed by atoms with Crippen LogP contribution in [0.15, 0.2) is 53.6 Å². The normalized spacial score (nSPS) is 11.7. The quantitative estimate of drug-likeness (QED) is 0.327. The molecular weight excluding hydrogens is 438 g/mol. The Morgan fingerprint density at radius 3 is 2.61 bits per heavy atom. The number of nitrogens with zero attached hydrogens (tertiary/aromatic N) is 3. The third kappa shape index (κ3) is 5.60. The van der Waals surface area contributed by atoms with Crippen LogP contribution in [0.25, 0.3) is 5.69 Å². The number of carbonyl (C=O) groups is 1. The van der Waals surface area contributed by atoms with E-state index in [0.29, 0.717) is 16.9 Å². The Hall–Kier alpha value is -3.40. The predicted molar refractivity (Wildman–Crippen MR) is 109 cm³/mol. The predicted octanol–water partition coefficient (Wildman–Crippen LogP) is 4.55. The van der Waals surface area contributed by atoms with Gasteiger partial charge in [-0.25, -0.2) is 14.5 Å². The fourth-order valence-corrected chi connectivity index (χ4v) is 2.93. The molecule has 0 atom stereocenters. The number of anilines is 1. The first-order valence-corrected chi connectivity index (χ1v) is 9.27. The van der Waals surface area contributed by atoms with Crippen LogP contribution in [0.2, 0.25) is 5.15 Å². The van der Waals surface area contributed by atoms with Crippen molar-refractivity contribution < 1.29 is 22.4 Å². The topological polar surface area (TPSA) is 71.3 Å². The number of rotatable bonds is 6. The van der Waals surface area contributed by atoms with Gasteiger partial charge >= 0.3 is 6.18 Å². The summed E-state index contributed by atoms with van der Waals surface area (Å²) in [5.74, 6) is -0.972. The van der Waals surface area contributed by atoms with Crippen LogP contribution in [0.3, 0.4) is 0 Å². The number of amides is 1. The van der Waals surface area contributed by atoms with Crippen LogP contribution < -0.4 is 10.7 Å². The smallest absolute Gasteiger partial charge is 0.376 e. The monoisotopic (exact) mass is 453 g/mol. The minimum atomic E-state index is -4.47. The van der Waals surface area contributed by atoms with Crippen molar-refractivity contribution in [1.29, 1.82) is 0 Å². The average Bonchev–Trinajstić information content (AvgIpc) is 3.01. The third-order valence-electron chi connectivity index (χ3n) is 4.15. The van der Waals surface area contributed by atoms with Gasteiger partial charge in [0.15, 0.2) is 0 Å². The number of aryl methyl sites for hydroxylation is 1. The summed E-state index contributed by atoms with van der Waals surface area (Å²) >= 11 is 6.31. The van der Waals surface area contributed by atoms with Crippen LogP contribution in [0.4, 0.5) is 23.2 Å². The largest absolute Gasteiger partial charge is 0.416 e. The number of halogens is 5. The second-order valence-electron chi connectivity index (χ2n) is 6.40. The number of hydrogen-bond acceptors (Lipinski definition) is 4. The molecule has 162 valence electrons. The lowest BCUT2D eigenvalue weighted by Gasteiger charge is -2.10. The highest BCUT2D eigenvalue weighted by molar-refractivity contribution is 6.32. The maximum absolute atomic E-state index is 13.1. The van der Waals surface area contributed by atoms with Gasteiger partial charge in [0, 0.05) is 5.69 Å². The molecule has 0 radical (unpaired) electrons. The van der Waals surface area contributed by atoms with Gasteiger partial charge in [-0.05, 0) is 49.4 Å². The fraction of sp³-hybridized carbons (Fsp3) is 0.150. The zero-order chi connectivity index (χ0) is 22.6. The molecule has 0 aliphatic heterocycles. The maximum Gasteiger partial charge on any atom is 0.416 e. The molecule has 1 heterocycles. The molecule has 0 fully saturated rings. The lowest BCUT2D eigenvalue weighted by atomic mass is 10.2. The molecule has 3 rings (SSSR count). The molecule has 0 aliphatic carbocycles. The van der Waals surface area contributed by atoms with Crippen molar-refractivity contribution in [1.82, 2.24) is 15.2 Å². The Morgan fingerprint density at radius 2 is 1.94 bits per heavy atom. The number of hydrogen-bond donors (Lipinski definition) is 2. The van der Waals surface area contributed by atoms with E-state index in [1.54, 1.807) is 6.92 Å². The van der Waals surface area contributed by atoms with E-state index in [2.05, 4.69) is 20.9 Å². The van der Waals surface area contributed by atoms with E-state index in [0.717, 1.165) is 12.1 Å². The molecule has 0 spiro atoms. The fourth-order valence-electron chi connectivity index (χ4n) is 2.61. The van der Waals surface area contributed by atoms with Crippen LogP contribution >= 0.6 is 11.6 Å². The van der Waals surface area contributed by atoms with E-state index in [-0.39, 0.29) is 17.4 Å². The maximum atomic E-state index is 13.1. The number of aromatic nitrogens is 2. The highest BCUT2D eigenvalue weighted by Crippen LogP contribution is 2.30. The van der Waals surface area contributed by atoms with Crippen molar-refractivity contribution in [3.05, 3.63) is 76.3 Å². The number of benzene rings is 2. The van der Waals surface area contributed by atoms with Gasteiger partial charge in [-0.3, -0.25) is 4.79 Å². The second kappa shape index (κ2) is 9.17. The molecule has 0 bridgehead atoms. The first kappa shape index (κ1) is 22.3. The Bertz CT molecular complexity index is 1110. The number of nitrogens with one attached hydrogen (secondary N) is 2. The Kier molecular flexibility index (Phi) is 6.59. The van der Waals surface area contributed by atoms with E-state index in [9.17, 15) is 22.4 Å². The second-order valence-corrected chi connectivity index (χ2v) is 6.76. The van der Waals surface area contributed by atoms with Crippen LogP contribution in [-0.2, 0) is 11.0 Å². The van der Waals surface area contributed by atoms with Gasteiger partial charge in [0.25, 0.3) is 5.91 Å². The summed E-state index contributed by atoms with van der Waals surface area (Å²) in [6, 6.07) is 10.1. The van der Waals surface area contributed by atoms with Crippen molar-refractivity contribution in [2.24, 2.45) is 5.10 Å². The molecule has 2 N–H and O–H groups in total. The van der Waals surface area contributed by atoms with E-state index in [1.807, 2.05) is 0 Å². The van der Waals surface area contributed by atoms with Crippen LogP contribution in [0.1, 0.15) is 16.8 Å². The molecular formula is C20H16ClF4N5O. The van der Waals surface area contributed by atoms with Gasteiger partial charge in [-0.2, -0.15) is 23.4 Å². The zero-order valence-electron chi connectivity index (χ0n) is 16.0. The molecule has 11 heteroatoms. The molecule has 3 aromatic rings. The Morgan fingerprint density at radius 1 is 1.23 bits per heavy atom. The molecule has 1 amide bonds. The number of alkyl halides is 3. The molecule has 31 heavy (non-hydrogen) atoms. The first-order valence-electron chi connectivity index (χ1n) is 8.89. The highest BCUT2D eigenvalue weighted by Gasteiger charge is 2.30. The van der Waals surface area contributed by atoms with E-state index in [4.69, 9.17) is 11.6 Å². The molecule has 0 saturated carbocycles. The minimum Gasteiger partial charge on any atom is -0.376 e. The van der Waals surface area contributed by atoms with Gasteiger partial charge in [0.1, 0.15) is 11.0 Å². The summed E-state index contributed by atoms with van der Waals surface area (Å²) in [5.41, 5.74) is 3.09. The SMILES string of the molecule is Cc1nn(-c2ccc(F)cc2)c(Cl)c1/C=N/NC(=O)CNc1cccc(C(F)(F)F)c1. The molecule has 0 saturated heterocycles. The molecule has 0 unspecified atom stereocenters. The zero-order valence-corrected chi connectivity index (χ0v) is 16.8. The Balaban J connectivity index is 1.61. The van der Waals surface area contributed by atoms with Crippen molar-refractivity contribution >= 4 is 29.4 Å². The van der Waals surface area contributed by atoms with Gasteiger partial charge in [0.05, 0.1) is 35.3 Å². The Labute approximate surface area is 179 Å². The standard InChI is InChI=1S/C20H16ClF4N5O/c1-12-17(19(21)30(29-12)16-7-5-14(22)6-8-16)10-27-28-18(31)11-26-15-4-2-3-13(9-15)20(23,24)25/h2-10,26H,11H2,1H3,(H,28,31)/b27-10+. The third-order valence-corrected chi connectivity index (χ3v) is 4.51. The summed E-state index contributed by atoms with van der Waals surface area (Å²) < 4.78 is 52.7. The lowest BCUT2D eigenvalue weighted by molar-refractivity contribution is -0.137. The van der Waals surface area contributed by atoms with Gasteiger partial charge in [0.2, 0.25) is 0 Å². The van der Waals surface area contributed by atoms with Crippen LogP contribution in [0, 0.1) is 12.7 Å². The molecule has 2 aromatic carbocycles. The minimum absolute atomic E-state index is 0.147. The molecule has 0 aliphatic rings. The van der Waals surface area contributed by atoms with Crippen molar-refractivity contribution in [3.8, 4) is 5.69 Å². The highest BCUT2D eigenvalue weighted by atomic mass is 35.5. The summed E-state index contributed by atoms with van der Waals surface area (Å²) in [4.78, 5) is 11.9. The molecule has 1 aromatic heterocycles. The average molecular weight is 454 g/mol. The van der Waals surface area contributed by atoms with Gasteiger partial charge in [-0.15, -0.1) is 0 Å². The van der Waals surface area contributed by atoms with Gasteiger partial charge < -0.3 is 5.32 Å². The van der Waals surface area contributed by atoms with E-state index >= 15 is 0 Å². The van der Waals surface area contributed by atoms with Crippen molar-refractivity contribution in [2.75, 3.05) is 11.9 Å². The van der Waals surface area contributed by atoms with E-state index in [1.165, 1.54) is 47.3 Å². The van der Waals surface area contributed by atoms with Crippen LogP contribution in [0.5, 0.6) is 0 Å². The summed E-state index contributed by atoms with van der Waals surface area (Å²) in [6.07, 6.45) is -3.17. The van der Waals surface area contributed by atoms with Gasteiger partial charge in [-0.1, -0.05) is 17.7 Å². The van der Waals surface area contributed by atoms with E-state index < -0.39 is 23.5 Å². The summed E-state index contributed by atoms with van der Waals surface area (Å²) in [7, 11) is 0. The molecule has 6 nitrogen and oxygen atoms in total. The summed E-state index contributed by atoms with van der Waals surface area (Å²) in [6.45, 7) is 1.39.